The Balaban J connectivity index is 2.12. The summed E-state index contributed by atoms with van der Waals surface area (Å²) in [5, 5.41) is 49.5. The zero-order valence-corrected chi connectivity index (χ0v) is 16.8. The smallest absolute Gasteiger partial charge is 0.317 e. The molecule has 0 aromatic rings. The van der Waals surface area contributed by atoms with Gasteiger partial charge in [0.05, 0.1) is 5.60 Å². The SMILES string of the molecule is CC(C)C1=C(O[C@@H]2O[C@H](COC(=O)CC(=O)O)[C@@H](O)[C@@H](O)[C@H]2O)C[C@](C)(O)CC1. The molecule has 0 unspecified atom stereocenters. The van der Waals surface area contributed by atoms with Crippen LogP contribution in [0.4, 0.5) is 0 Å². The first-order valence-electron chi connectivity index (χ1n) is 9.59. The lowest BCUT2D eigenvalue weighted by Gasteiger charge is -2.42. The van der Waals surface area contributed by atoms with Crippen LogP contribution in [0.5, 0.6) is 0 Å². The molecule has 5 N–H and O–H groups in total. The Kier molecular flexibility index (Phi) is 7.63. The summed E-state index contributed by atoms with van der Waals surface area (Å²) in [4.78, 5) is 21.9. The second-order valence-corrected chi connectivity index (χ2v) is 8.16. The maximum atomic E-state index is 11.4. The summed E-state index contributed by atoms with van der Waals surface area (Å²) in [6.45, 7) is 5.10. The molecule has 10 heteroatoms. The maximum absolute atomic E-state index is 11.4. The summed E-state index contributed by atoms with van der Waals surface area (Å²) < 4.78 is 16.1. The summed E-state index contributed by atoms with van der Waals surface area (Å²) in [5.74, 6) is -1.82. The van der Waals surface area contributed by atoms with Gasteiger partial charge in [-0.1, -0.05) is 13.8 Å². The van der Waals surface area contributed by atoms with Gasteiger partial charge in [0, 0.05) is 6.42 Å². The van der Waals surface area contributed by atoms with Gasteiger partial charge < -0.3 is 39.7 Å². The Bertz CT molecular complexity index is 641. The van der Waals surface area contributed by atoms with E-state index in [4.69, 9.17) is 19.3 Å². The average Bonchev–Trinajstić information content (AvgIpc) is 2.59. The van der Waals surface area contributed by atoms with Crippen LogP contribution in [0.2, 0.25) is 0 Å². The van der Waals surface area contributed by atoms with Gasteiger partial charge in [0.15, 0.2) is 0 Å². The van der Waals surface area contributed by atoms with E-state index in [9.17, 15) is 30.0 Å². The van der Waals surface area contributed by atoms with E-state index in [-0.39, 0.29) is 12.3 Å². The molecular weight excluding hydrogens is 388 g/mol. The Morgan fingerprint density at radius 3 is 2.45 bits per heavy atom. The fraction of sp³-hybridized carbons (Fsp3) is 0.789. The molecule has 0 aromatic heterocycles. The molecule has 1 heterocycles. The third kappa shape index (κ3) is 6.13. The Morgan fingerprint density at radius 1 is 1.21 bits per heavy atom. The summed E-state index contributed by atoms with van der Waals surface area (Å²) in [6.07, 6.45) is -6.88. The largest absolute Gasteiger partial charge is 0.481 e. The number of aliphatic hydroxyl groups is 4. The van der Waals surface area contributed by atoms with E-state index in [1.165, 1.54) is 0 Å². The Hall–Kier alpha value is -1.72. The molecule has 29 heavy (non-hydrogen) atoms. The number of carbonyl (C=O) groups excluding carboxylic acids is 1. The Morgan fingerprint density at radius 2 is 1.86 bits per heavy atom. The first kappa shape index (κ1) is 23.6. The van der Waals surface area contributed by atoms with Crippen LogP contribution < -0.4 is 0 Å². The second-order valence-electron chi connectivity index (χ2n) is 8.16. The molecule has 0 bridgehead atoms. The molecule has 10 nitrogen and oxygen atoms in total. The minimum atomic E-state index is -1.64. The first-order chi connectivity index (χ1) is 13.4. The molecule has 2 rings (SSSR count). The van der Waals surface area contributed by atoms with E-state index >= 15 is 0 Å². The number of aliphatic hydroxyl groups excluding tert-OH is 3. The van der Waals surface area contributed by atoms with Crippen molar-refractivity contribution in [2.24, 2.45) is 5.92 Å². The number of allylic oxidation sites excluding steroid dienone is 1. The monoisotopic (exact) mass is 418 g/mol. The molecule has 1 saturated heterocycles. The molecule has 0 radical (unpaired) electrons. The van der Waals surface area contributed by atoms with Crippen molar-refractivity contribution in [3.63, 3.8) is 0 Å². The van der Waals surface area contributed by atoms with Crippen LogP contribution in [0.15, 0.2) is 11.3 Å². The van der Waals surface area contributed by atoms with E-state index in [2.05, 4.69) is 0 Å². The van der Waals surface area contributed by atoms with Gasteiger partial charge in [0.1, 0.15) is 43.2 Å². The fourth-order valence-electron chi connectivity index (χ4n) is 3.46. The first-order valence-corrected chi connectivity index (χ1v) is 9.59. The van der Waals surface area contributed by atoms with Crippen LogP contribution in [-0.4, -0.2) is 80.4 Å². The van der Waals surface area contributed by atoms with Crippen molar-refractivity contribution in [2.45, 2.75) is 82.8 Å². The molecule has 2 aliphatic rings. The lowest BCUT2D eigenvalue weighted by atomic mass is 9.82. The third-order valence-corrected chi connectivity index (χ3v) is 5.16. The lowest BCUT2D eigenvalue weighted by molar-refractivity contribution is -0.294. The lowest BCUT2D eigenvalue weighted by Crippen LogP contribution is -2.59. The van der Waals surface area contributed by atoms with Crippen molar-refractivity contribution < 1.29 is 49.3 Å². The number of hydrogen-bond acceptors (Lipinski definition) is 9. The standard InChI is InChI=1S/C19H30O10/c1-9(2)10-4-5-19(3,26)7-11(10)28-18-17(25)16(24)15(23)12(29-18)8-27-14(22)6-13(20)21/h9,12,15-18,23-26H,4-8H2,1-3H3,(H,20,21)/t12-,15-,16-,17-,18-,19-/m1/s1. The topological polar surface area (TPSA) is 163 Å². The summed E-state index contributed by atoms with van der Waals surface area (Å²) in [7, 11) is 0. The maximum Gasteiger partial charge on any atom is 0.317 e. The van der Waals surface area contributed by atoms with E-state index in [0.717, 1.165) is 5.57 Å². The fourth-order valence-corrected chi connectivity index (χ4v) is 3.46. The van der Waals surface area contributed by atoms with Crippen molar-refractivity contribution in [1.29, 1.82) is 0 Å². The predicted molar refractivity (Wildman–Crippen MR) is 97.3 cm³/mol. The van der Waals surface area contributed by atoms with Gasteiger partial charge in [-0.3, -0.25) is 9.59 Å². The van der Waals surface area contributed by atoms with Gasteiger partial charge in [-0.25, -0.2) is 0 Å². The number of carbonyl (C=O) groups is 2. The Labute approximate surface area is 168 Å². The highest BCUT2D eigenvalue weighted by Gasteiger charge is 2.46. The molecule has 0 saturated carbocycles. The molecule has 166 valence electrons. The number of carboxylic acids is 1. The number of carboxylic acid groups (broad SMARTS) is 1. The molecule has 6 atom stereocenters. The van der Waals surface area contributed by atoms with Crippen molar-refractivity contribution in [3.05, 3.63) is 11.3 Å². The van der Waals surface area contributed by atoms with Gasteiger partial charge in [-0.2, -0.15) is 0 Å². The zero-order valence-electron chi connectivity index (χ0n) is 16.8. The summed E-state index contributed by atoms with van der Waals surface area (Å²) in [6, 6.07) is 0. The van der Waals surface area contributed by atoms with Crippen LogP contribution in [0, 0.1) is 5.92 Å². The van der Waals surface area contributed by atoms with Crippen molar-refractivity contribution >= 4 is 11.9 Å². The van der Waals surface area contributed by atoms with Crippen molar-refractivity contribution in [3.8, 4) is 0 Å². The number of rotatable bonds is 7. The normalized spacial score (nSPS) is 35.5. The van der Waals surface area contributed by atoms with Gasteiger partial charge >= 0.3 is 11.9 Å². The molecule has 0 amide bonds. The van der Waals surface area contributed by atoms with Crippen LogP contribution in [0.25, 0.3) is 0 Å². The summed E-state index contributed by atoms with van der Waals surface area (Å²) in [5.41, 5.74) is -0.0330. The molecule has 1 aliphatic heterocycles. The van der Waals surface area contributed by atoms with E-state index < -0.39 is 61.3 Å². The van der Waals surface area contributed by atoms with E-state index in [1.54, 1.807) is 6.92 Å². The number of aliphatic carboxylic acids is 1. The van der Waals surface area contributed by atoms with Gasteiger partial charge in [-0.05, 0) is 31.3 Å². The second kappa shape index (κ2) is 9.40. The predicted octanol–water partition coefficient (Wildman–Crippen LogP) is -0.326. The molecular formula is C19H30O10. The van der Waals surface area contributed by atoms with Gasteiger partial charge in [-0.15, -0.1) is 0 Å². The molecule has 0 aromatic carbocycles. The third-order valence-electron chi connectivity index (χ3n) is 5.16. The average molecular weight is 418 g/mol. The van der Waals surface area contributed by atoms with Crippen molar-refractivity contribution in [2.75, 3.05) is 6.61 Å². The highest BCUT2D eigenvalue weighted by Crippen LogP contribution is 2.38. The minimum absolute atomic E-state index is 0.130. The molecule has 0 spiro atoms. The highest BCUT2D eigenvalue weighted by atomic mass is 16.7. The summed E-state index contributed by atoms with van der Waals surface area (Å²) >= 11 is 0. The van der Waals surface area contributed by atoms with E-state index in [0.29, 0.717) is 18.6 Å². The van der Waals surface area contributed by atoms with Crippen LogP contribution >= 0.6 is 0 Å². The van der Waals surface area contributed by atoms with Crippen molar-refractivity contribution in [1.82, 2.24) is 0 Å². The quantitative estimate of drug-likeness (QED) is 0.273. The molecule has 1 aliphatic carbocycles. The number of esters is 1. The van der Waals surface area contributed by atoms with Crippen LogP contribution in [-0.2, 0) is 23.8 Å². The van der Waals surface area contributed by atoms with Crippen LogP contribution in [0.1, 0.15) is 46.5 Å². The zero-order chi connectivity index (χ0) is 21.9. The van der Waals surface area contributed by atoms with E-state index in [1.807, 2.05) is 13.8 Å². The number of hydrogen-bond donors (Lipinski definition) is 5. The number of ether oxygens (including phenoxy) is 3. The molecule has 1 fully saturated rings. The van der Waals surface area contributed by atoms with Gasteiger partial charge in [0.25, 0.3) is 0 Å². The van der Waals surface area contributed by atoms with Gasteiger partial charge in [0.2, 0.25) is 6.29 Å². The minimum Gasteiger partial charge on any atom is -0.481 e. The highest BCUT2D eigenvalue weighted by molar-refractivity contribution is 5.90. The van der Waals surface area contributed by atoms with Crippen LogP contribution in [0.3, 0.4) is 0 Å².